The van der Waals surface area contributed by atoms with Crippen LogP contribution >= 0.6 is 0 Å². The Balaban J connectivity index is 4.22. The normalized spacial score (nSPS) is 12.1. The number of ether oxygens (including phenoxy) is 3. The molecule has 0 aromatic carbocycles. The van der Waals surface area contributed by atoms with Crippen molar-refractivity contribution in [1.29, 1.82) is 0 Å². The van der Waals surface area contributed by atoms with Crippen molar-refractivity contribution in [2.75, 3.05) is 13.2 Å². The van der Waals surface area contributed by atoms with E-state index in [1.165, 1.54) is 128 Å². The summed E-state index contributed by atoms with van der Waals surface area (Å²) in [5.41, 5.74) is 0. The molecule has 0 aromatic rings. The number of unbranched alkanes of at least 4 members (excludes halogenated alkanes) is 26. The monoisotopic (exact) mass is 747 g/mol. The maximum atomic E-state index is 12.6. The van der Waals surface area contributed by atoms with Crippen LogP contribution in [0.5, 0.6) is 0 Å². The molecule has 0 N–H and O–H groups in total. The summed E-state index contributed by atoms with van der Waals surface area (Å²) in [4.78, 5) is 37.5. The molecule has 0 saturated heterocycles. The molecule has 0 spiro atoms. The Morgan fingerprint density at radius 3 is 1.06 bits per heavy atom. The number of rotatable bonds is 41. The van der Waals surface area contributed by atoms with Crippen LogP contribution in [-0.4, -0.2) is 37.2 Å². The van der Waals surface area contributed by atoms with E-state index in [0.717, 1.165) is 70.6 Å². The van der Waals surface area contributed by atoms with Crippen molar-refractivity contribution in [2.24, 2.45) is 0 Å². The van der Waals surface area contributed by atoms with Crippen molar-refractivity contribution in [3.05, 3.63) is 24.3 Å². The molecule has 6 nitrogen and oxygen atoms in total. The molecule has 0 heterocycles. The van der Waals surface area contributed by atoms with Crippen molar-refractivity contribution in [2.45, 2.75) is 245 Å². The summed E-state index contributed by atoms with van der Waals surface area (Å²) in [6.07, 6.45) is 46.1. The van der Waals surface area contributed by atoms with Gasteiger partial charge in [-0.3, -0.25) is 14.4 Å². The van der Waals surface area contributed by atoms with Gasteiger partial charge in [0, 0.05) is 19.3 Å². The second kappa shape index (κ2) is 42.6. The fourth-order valence-corrected chi connectivity index (χ4v) is 6.47. The number of carbonyl (C=O) groups is 3. The largest absolute Gasteiger partial charge is 0.462 e. The summed E-state index contributed by atoms with van der Waals surface area (Å²) >= 11 is 0. The number of allylic oxidation sites excluding steroid dienone is 4. The highest BCUT2D eigenvalue weighted by atomic mass is 16.6. The topological polar surface area (TPSA) is 78.9 Å². The van der Waals surface area contributed by atoms with E-state index in [0.29, 0.717) is 19.3 Å². The molecule has 0 bridgehead atoms. The predicted octanol–water partition coefficient (Wildman–Crippen LogP) is 14.4. The Labute approximate surface area is 328 Å². The van der Waals surface area contributed by atoms with Crippen molar-refractivity contribution in [1.82, 2.24) is 0 Å². The van der Waals surface area contributed by atoms with E-state index in [2.05, 4.69) is 45.1 Å². The van der Waals surface area contributed by atoms with E-state index in [9.17, 15) is 14.4 Å². The number of hydrogen-bond acceptors (Lipinski definition) is 6. The molecule has 53 heavy (non-hydrogen) atoms. The van der Waals surface area contributed by atoms with Crippen molar-refractivity contribution in [3.8, 4) is 0 Å². The molecule has 6 heteroatoms. The molecule has 0 aliphatic carbocycles. The molecular formula is C47H86O6. The summed E-state index contributed by atoms with van der Waals surface area (Å²) in [7, 11) is 0. The van der Waals surface area contributed by atoms with Crippen LogP contribution in [0, 0.1) is 0 Å². The Hall–Kier alpha value is -2.11. The first-order valence-corrected chi connectivity index (χ1v) is 22.8. The molecule has 1 atom stereocenters. The van der Waals surface area contributed by atoms with Crippen molar-refractivity contribution < 1.29 is 28.6 Å². The SMILES string of the molecule is CCCCCC/C=C\C/C=C\CCCCCCCCCC(=O)OCC(COC(=O)CCCCCCCC)OC(=O)CCCCCCCCCCCCC. The van der Waals surface area contributed by atoms with Gasteiger partial charge in [-0.15, -0.1) is 0 Å². The maximum absolute atomic E-state index is 12.6. The quantitative estimate of drug-likeness (QED) is 0.0268. The van der Waals surface area contributed by atoms with E-state index in [1.54, 1.807) is 0 Å². The van der Waals surface area contributed by atoms with Crippen LogP contribution in [0.4, 0.5) is 0 Å². The van der Waals surface area contributed by atoms with E-state index >= 15 is 0 Å². The lowest BCUT2D eigenvalue weighted by Gasteiger charge is -2.18. The number of hydrogen-bond donors (Lipinski definition) is 0. The lowest BCUT2D eigenvalue weighted by atomic mass is 10.1. The van der Waals surface area contributed by atoms with E-state index in [-0.39, 0.29) is 31.1 Å². The average Bonchev–Trinajstić information content (AvgIpc) is 3.15. The first kappa shape index (κ1) is 50.9. The highest BCUT2D eigenvalue weighted by molar-refractivity contribution is 5.71. The third kappa shape index (κ3) is 40.9. The molecule has 0 rings (SSSR count). The zero-order valence-electron chi connectivity index (χ0n) is 35.3. The highest BCUT2D eigenvalue weighted by Gasteiger charge is 2.19. The van der Waals surface area contributed by atoms with Crippen LogP contribution in [-0.2, 0) is 28.6 Å². The van der Waals surface area contributed by atoms with E-state index in [4.69, 9.17) is 14.2 Å². The van der Waals surface area contributed by atoms with Crippen LogP contribution in [0.15, 0.2) is 24.3 Å². The second-order valence-corrected chi connectivity index (χ2v) is 15.3. The molecule has 0 aromatic heterocycles. The minimum atomic E-state index is -0.765. The van der Waals surface area contributed by atoms with Gasteiger partial charge in [0.25, 0.3) is 0 Å². The van der Waals surface area contributed by atoms with Crippen LogP contribution in [0.2, 0.25) is 0 Å². The van der Waals surface area contributed by atoms with Gasteiger partial charge < -0.3 is 14.2 Å². The Bertz CT molecular complexity index is 865. The van der Waals surface area contributed by atoms with Gasteiger partial charge in [0.2, 0.25) is 0 Å². The van der Waals surface area contributed by atoms with Crippen LogP contribution in [0.3, 0.4) is 0 Å². The number of esters is 3. The molecule has 310 valence electrons. The summed E-state index contributed by atoms with van der Waals surface area (Å²) in [5.74, 6) is -0.885. The summed E-state index contributed by atoms with van der Waals surface area (Å²) in [5, 5.41) is 0. The third-order valence-electron chi connectivity index (χ3n) is 9.96. The van der Waals surface area contributed by atoms with Crippen LogP contribution in [0.1, 0.15) is 239 Å². The summed E-state index contributed by atoms with van der Waals surface area (Å²) in [6, 6.07) is 0. The molecule has 0 radical (unpaired) electrons. The fourth-order valence-electron chi connectivity index (χ4n) is 6.47. The fraction of sp³-hybridized carbons (Fsp3) is 0.851. The van der Waals surface area contributed by atoms with Gasteiger partial charge in [-0.2, -0.15) is 0 Å². The average molecular weight is 747 g/mol. The first-order chi connectivity index (χ1) is 26.0. The molecular weight excluding hydrogens is 661 g/mol. The summed E-state index contributed by atoms with van der Waals surface area (Å²) < 4.78 is 16.6. The molecule has 0 aliphatic rings. The highest BCUT2D eigenvalue weighted by Crippen LogP contribution is 2.14. The Kier molecular flexibility index (Phi) is 40.9. The second-order valence-electron chi connectivity index (χ2n) is 15.3. The minimum Gasteiger partial charge on any atom is -0.462 e. The first-order valence-electron chi connectivity index (χ1n) is 22.8. The predicted molar refractivity (Wildman–Crippen MR) is 224 cm³/mol. The zero-order valence-corrected chi connectivity index (χ0v) is 35.3. The van der Waals surface area contributed by atoms with Crippen molar-refractivity contribution in [3.63, 3.8) is 0 Å². The smallest absolute Gasteiger partial charge is 0.306 e. The van der Waals surface area contributed by atoms with Gasteiger partial charge in [0.1, 0.15) is 13.2 Å². The standard InChI is InChI=1S/C47H86O6/c1-4-7-10-13-16-18-20-21-22-23-24-25-26-28-29-31-34-37-40-46(49)52-43-44(42-51-45(48)39-36-33-15-12-9-6-3)53-47(50)41-38-35-32-30-27-19-17-14-11-8-5-2/h18,20,22-23,44H,4-17,19,21,24-43H2,1-3H3/b20-18-,23-22-. The van der Waals surface area contributed by atoms with Gasteiger partial charge in [0.15, 0.2) is 6.10 Å². The minimum absolute atomic E-state index is 0.0715. The molecule has 0 amide bonds. The van der Waals surface area contributed by atoms with E-state index in [1.807, 2.05) is 0 Å². The lowest BCUT2D eigenvalue weighted by Crippen LogP contribution is -2.30. The maximum Gasteiger partial charge on any atom is 0.306 e. The van der Waals surface area contributed by atoms with Gasteiger partial charge >= 0.3 is 17.9 Å². The third-order valence-corrected chi connectivity index (χ3v) is 9.96. The van der Waals surface area contributed by atoms with Gasteiger partial charge in [-0.05, 0) is 51.4 Å². The number of carbonyl (C=O) groups excluding carboxylic acids is 3. The zero-order chi connectivity index (χ0) is 38.7. The molecule has 0 fully saturated rings. The van der Waals surface area contributed by atoms with Gasteiger partial charge in [0.05, 0.1) is 0 Å². The molecule has 0 saturated carbocycles. The van der Waals surface area contributed by atoms with Crippen LogP contribution in [0.25, 0.3) is 0 Å². The molecule has 1 unspecified atom stereocenters. The lowest BCUT2D eigenvalue weighted by molar-refractivity contribution is -0.167. The van der Waals surface area contributed by atoms with Gasteiger partial charge in [-0.25, -0.2) is 0 Å². The van der Waals surface area contributed by atoms with Gasteiger partial charge in [-0.1, -0.05) is 193 Å². The Morgan fingerprint density at radius 1 is 0.377 bits per heavy atom. The van der Waals surface area contributed by atoms with E-state index < -0.39 is 6.10 Å². The summed E-state index contributed by atoms with van der Waals surface area (Å²) in [6.45, 7) is 6.55. The van der Waals surface area contributed by atoms with Crippen LogP contribution < -0.4 is 0 Å². The molecule has 0 aliphatic heterocycles. The van der Waals surface area contributed by atoms with Crippen molar-refractivity contribution >= 4 is 17.9 Å². The Morgan fingerprint density at radius 2 is 0.679 bits per heavy atom.